The van der Waals surface area contributed by atoms with E-state index in [1.54, 1.807) is 23.1 Å². The highest BCUT2D eigenvalue weighted by molar-refractivity contribution is 7.09. The van der Waals surface area contributed by atoms with Gasteiger partial charge in [-0.2, -0.15) is 13.2 Å². The summed E-state index contributed by atoms with van der Waals surface area (Å²) < 4.78 is 39.7. The molecular formula is C25H20Cl2F3N3O2S. The zero-order chi connectivity index (χ0) is 25.9. The van der Waals surface area contributed by atoms with Crippen LogP contribution in [0.5, 0.6) is 0 Å². The van der Waals surface area contributed by atoms with Crippen molar-refractivity contribution in [3.05, 3.63) is 84.1 Å². The van der Waals surface area contributed by atoms with Gasteiger partial charge in [-0.05, 0) is 43.0 Å². The second-order valence-corrected chi connectivity index (χ2v) is 9.96. The van der Waals surface area contributed by atoms with Crippen molar-refractivity contribution in [3.63, 3.8) is 0 Å². The van der Waals surface area contributed by atoms with Gasteiger partial charge in [0.1, 0.15) is 17.8 Å². The number of rotatable bonds is 4. The highest BCUT2D eigenvalue weighted by Gasteiger charge is 2.34. The van der Waals surface area contributed by atoms with Crippen molar-refractivity contribution >= 4 is 40.4 Å². The molecule has 0 N–H and O–H groups in total. The quantitative estimate of drug-likeness (QED) is 0.393. The average molecular weight is 554 g/mol. The topological polar surface area (TPSA) is 55.2 Å². The summed E-state index contributed by atoms with van der Waals surface area (Å²) in [6.45, 7) is 0.436. The Hall–Kier alpha value is -2.80. The summed E-state index contributed by atoms with van der Waals surface area (Å²) >= 11 is 13.9. The molecule has 188 valence electrons. The van der Waals surface area contributed by atoms with E-state index in [0.29, 0.717) is 54.2 Å². The van der Waals surface area contributed by atoms with E-state index in [-0.39, 0.29) is 11.8 Å². The first-order valence-corrected chi connectivity index (χ1v) is 12.7. The van der Waals surface area contributed by atoms with Crippen molar-refractivity contribution in [3.8, 4) is 11.8 Å². The van der Waals surface area contributed by atoms with Crippen molar-refractivity contribution in [2.75, 3.05) is 13.1 Å². The van der Waals surface area contributed by atoms with E-state index in [9.17, 15) is 22.8 Å². The first-order valence-electron chi connectivity index (χ1n) is 11.0. The molecule has 0 saturated carbocycles. The Morgan fingerprint density at radius 2 is 1.83 bits per heavy atom. The van der Waals surface area contributed by atoms with Crippen molar-refractivity contribution < 1.29 is 18.0 Å². The maximum Gasteiger partial charge on any atom is 0.421 e. The molecular weight excluding hydrogens is 534 g/mol. The normalized spacial score (nSPS) is 14.4. The van der Waals surface area contributed by atoms with Gasteiger partial charge < -0.3 is 9.47 Å². The first-order chi connectivity index (χ1) is 17.1. The zero-order valence-corrected chi connectivity index (χ0v) is 21.1. The number of halogens is 5. The summed E-state index contributed by atoms with van der Waals surface area (Å²) in [6.07, 6.45) is -1.83. The van der Waals surface area contributed by atoms with Crippen LogP contribution >= 0.6 is 34.5 Å². The van der Waals surface area contributed by atoms with Gasteiger partial charge in [0.15, 0.2) is 0 Å². The number of nitrogens with zero attached hydrogens (tertiary/aromatic N) is 3. The Balaban J connectivity index is 1.33. The molecule has 2 aromatic heterocycles. The first kappa shape index (κ1) is 26.3. The third-order valence-electron chi connectivity index (χ3n) is 5.89. The minimum atomic E-state index is -4.76. The van der Waals surface area contributed by atoms with Gasteiger partial charge in [-0.1, -0.05) is 35.2 Å². The van der Waals surface area contributed by atoms with Gasteiger partial charge >= 0.3 is 6.18 Å². The number of amides is 1. The Kier molecular flexibility index (Phi) is 8.08. The fraction of sp³-hybridized carbons (Fsp3) is 0.320. The van der Waals surface area contributed by atoms with E-state index in [1.165, 1.54) is 17.5 Å². The number of carbonyl (C=O) groups is 1. The molecule has 0 unspecified atom stereocenters. The van der Waals surface area contributed by atoms with Crippen LogP contribution in [0.2, 0.25) is 10.0 Å². The molecule has 0 atom stereocenters. The van der Waals surface area contributed by atoms with Crippen LogP contribution < -0.4 is 5.56 Å². The Bertz CT molecular complexity index is 1360. The molecule has 4 rings (SSSR count). The van der Waals surface area contributed by atoms with Crippen LogP contribution in [0.4, 0.5) is 13.2 Å². The van der Waals surface area contributed by atoms with Gasteiger partial charge in [0.25, 0.3) is 5.56 Å². The van der Waals surface area contributed by atoms with Gasteiger partial charge in [0.2, 0.25) is 5.91 Å². The standard InChI is InChI=1S/C25H20Cl2F3N3O2S/c26-20-7-2-8-21(27)18(20)5-1-4-17-15-36-23(31-17)16-9-12-32(13-10-16)22(34)14-33-11-3-6-19(24(33)35)25(28,29)30/h2-3,6-8,11,15-16H,5,9-10,12-14H2. The molecule has 0 spiro atoms. The third kappa shape index (κ3) is 6.12. The molecule has 1 saturated heterocycles. The lowest BCUT2D eigenvalue weighted by molar-refractivity contribution is -0.139. The SMILES string of the molecule is O=C(Cn1cccc(C(F)(F)F)c1=O)N1CCC(c2nc(C#CCc3c(Cl)cccc3Cl)cs2)CC1. The van der Waals surface area contributed by atoms with E-state index in [1.807, 2.05) is 5.38 Å². The van der Waals surface area contributed by atoms with Crippen LogP contribution in [-0.2, 0) is 23.9 Å². The maximum absolute atomic E-state index is 13.0. The number of carbonyl (C=O) groups excluding carboxylic acids is 1. The van der Waals surface area contributed by atoms with Crippen LogP contribution in [0.25, 0.3) is 0 Å². The molecule has 1 amide bonds. The van der Waals surface area contributed by atoms with Crippen LogP contribution in [-0.4, -0.2) is 33.4 Å². The molecule has 1 fully saturated rings. The van der Waals surface area contributed by atoms with Gasteiger partial charge in [0.05, 0.1) is 5.01 Å². The van der Waals surface area contributed by atoms with Crippen molar-refractivity contribution in [2.45, 2.75) is 37.9 Å². The number of hydrogen-bond acceptors (Lipinski definition) is 4. The molecule has 3 heterocycles. The lowest BCUT2D eigenvalue weighted by Crippen LogP contribution is -2.41. The number of benzene rings is 1. The monoisotopic (exact) mass is 553 g/mol. The molecule has 1 aromatic carbocycles. The number of piperidine rings is 1. The highest BCUT2D eigenvalue weighted by atomic mass is 35.5. The number of likely N-dealkylation sites (tertiary alicyclic amines) is 1. The van der Waals surface area contributed by atoms with Crippen molar-refractivity contribution in [2.24, 2.45) is 0 Å². The number of pyridine rings is 1. The highest BCUT2D eigenvalue weighted by Crippen LogP contribution is 2.31. The van der Waals surface area contributed by atoms with Gasteiger partial charge in [-0.3, -0.25) is 9.59 Å². The van der Waals surface area contributed by atoms with Crippen LogP contribution in [0.1, 0.15) is 40.6 Å². The van der Waals surface area contributed by atoms with Crippen LogP contribution in [0.3, 0.4) is 0 Å². The molecule has 0 radical (unpaired) electrons. The number of thiazole rings is 1. The summed E-state index contributed by atoms with van der Waals surface area (Å²) in [4.78, 5) is 30.9. The Labute approximate surface area is 219 Å². The molecule has 3 aromatic rings. The average Bonchev–Trinajstić information content (AvgIpc) is 3.30. The summed E-state index contributed by atoms with van der Waals surface area (Å²) in [5.41, 5.74) is -1.08. The van der Waals surface area contributed by atoms with E-state index >= 15 is 0 Å². The fourth-order valence-electron chi connectivity index (χ4n) is 3.96. The fourth-order valence-corrected chi connectivity index (χ4v) is 5.41. The second-order valence-electron chi connectivity index (χ2n) is 8.26. The minimum absolute atomic E-state index is 0.156. The van der Waals surface area contributed by atoms with Gasteiger partial charge in [-0.15, -0.1) is 11.3 Å². The molecule has 5 nitrogen and oxygen atoms in total. The molecule has 1 aliphatic rings. The van der Waals surface area contributed by atoms with Crippen molar-refractivity contribution in [1.82, 2.24) is 14.5 Å². The van der Waals surface area contributed by atoms with Crippen LogP contribution in [0.15, 0.2) is 46.7 Å². The van der Waals surface area contributed by atoms with E-state index in [0.717, 1.165) is 21.2 Å². The number of alkyl halides is 3. The van der Waals surface area contributed by atoms with Gasteiger partial charge in [-0.25, -0.2) is 4.98 Å². The molecule has 36 heavy (non-hydrogen) atoms. The van der Waals surface area contributed by atoms with Crippen LogP contribution in [0, 0.1) is 11.8 Å². The Morgan fingerprint density at radius 3 is 2.50 bits per heavy atom. The van der Waals surface area contributed by atoms with E-state index in [2.05, 4.69) is 16.8 Å². The van der Waals surface area contributed by atoms with Crippen molar-refractivity contribution in [1.29, 1.82) is 0 Å². The Morgan fingerprint density at radius 1 is 1.14 bits per heavy atom. The maximum atomic E-state index is 13.0. The number of hydrogen-bond donors (Lipinski definition) is 0. The third-order valence-corrected chi connectivity index (χ3v) is 7.61. The summed E-state index contributed by atoms with van der Waals surface area (Å²) in [5.74, 6) is 5.86. The lowest BCUT2D eigenvalue weighted by Gasteiger charge is -2.31. The molecule has 1 aliphatic heterocycles. The smallest absolute Gasteiger partial charge is 0.341 e. The zero-order valence-electron chi connectivity index (χ0n) is 18.8. The predicted octanol–water partition coefficient (Wildman–Crippen LogP) is 5.63. The summed E-state index contributed by atoms with van der Waals surface area (Å²) in [5, 5.41) is 3.94. The summed E-state index contributed by atoms with van der Waals surface area (Å²) in [7, 11) is 0. The second kappa shape index (κ2) is 11.1. The lowest BCUT2D eigenvalue weighted by atomic mass is 9.97. The molecule has 0 aliphatic carbocycles. The minimum Gasteiger partial charge on any atom is -0.341 e. The molecule has 11 heteroatoms. The molecule has 0 bridgehead atoms. The van der Waals surface area contributed by atoms with E-state index in [4.69, 9.17) is 23.2 Å². The largest absolute Gasteiger partial charge is 0.421 e. The predicted molar refractivity (Wildman–Crippen MR) is 133 cm³/mol. The summed E-state index contributed by atoms with van der Waals surface area (Å²) in [6, 6.07) is 7.14. The van der Waals surface area contributed by atoms with Gasteiger partial charge in [0, 0.05) is 52.6 Å². The van der Waals surface area contributed by atoms with E-state index < -0.39 is 23.8 Å². The number of aromatic nitrogens is 2.